The molecule has 24 heavy (non-hydrogen) atoms. The van der Waals surface area contributed by atoms with E-state index in [2.05, 4.69) is 5.32 Å². The molecular weight excluding hydrogens is 343 g/mol. The summed E-state index contributed by atoms with van der Waals surface area (Å²) >= 11 is 12.0. The van der Waals surface area contributed by atoms with Gasteiger partial charge in [0.1, 0.15) is 0 Å². The van der Waals surface area contributed by atoms with Gasteiger partial charge in [0.15, 0.2) is 0 Å². The molecule has 0 unspecified atom stereocenters. The first-order chi connectivity index (χ1) is 11.5. The first-order valence-corrected chi connectivity index (χ1v) is 8.78. The molecule has 2 rings (SSSR count). The van der Waals surface area contributed by atoms with Gasteiger partial charge in [-0.25, -0.2) is 0 Å². The van der Waals surface area contributed by atoms with Gasteiger partial charge in [-0.3, -0.25) is 4.79 Å². The van der Waals surface area contributed by atoms with Gasteiger partial charge in [0, 0.05) is 22.3 Å². The molecule has 0 fully saturated rings. The maximum absolute atomic E-state index is 12.4. The molecule has 128 valence electrons. The van der Waals surface area contributed by atoms with Gasteiger partial charge in [-0.1, -0.05) is 41.4 Å². The van der Waals surface area contributed by atoms with Crippen molar-refractivity contribution in [3.63, 3.8) is 0 Å². The summed E-state index contributed by atoms with van der Waals surface area (Å²) in [7, 11) is 0. The number of hydrogen-bond donors (Lipinski definition) is 1. The van der Waals surface area contributed by atoms with Crippen LogP contribution in [0.15, 0.2) is 42.5 Å². The van der Waals surface area contributed by atoms with Crippen molar-refractivity contribution in [2.45, 2.75) is 20.3 Å². The largest absolute Gasteiger partial charge is 0.312 e. The third-order valence-corrected chi connectivity index (χ3v) is 4.38. The Balaban J connectivity index is 1.85. The summed E-state index contributed by atoms with van der Waals surface area (Å²) in [6, 6.07) is 13.5. The molecule has 3 nitrogen and oxygen atoms in total. The first kappa shape index (κ1) is 18.8. The summed E-state index contributed by atoms with van der Waals surface area (Å²) < 4.78 is 0. The fourth-order valence-electron chi connectivity index (χ4n) is 2.54. The Morgan fingerprint density at radius 2 is 1.96 bits per heavy atom. The molecule has 0 aromatic heterocycles. The molecule has 0 aliphatic heterocycles. The average molecular weight is 365 g/mol. The highest BCUT2D eigenvalue weighted by molar-refractivity contribution is 6.35. The molecule has 2 aromatic rings. The summed E-state index contributed by atoms with van der Waals surface area (Å²) in [5.74, 6) is 0.0605. The number of carbonyl (C=O) groups is 1. The smallest absolute Gasteiger partial charge is 0.240 e. The van der Waals surface area contributed by atoms with Gasteiger partial charge in [-0.2, -0.15) is 0 Å². The van der Waals surface area contributed by atoms with Crippen LogP contribution in [0.2, 0.25) is 10.0 Å². The molecule has 0 radical (unpaired) electrons. The molecular formula is C19H22Cl2N2O. The lowest BCUT2D eigenvalue weighted by Gasteiger charge is -2.21. The summed E-state index contributed by atoms with van der Waals surface area (Å²) in [6.45, 7) is 5.63. The second-order valence-corrected chi connectivity index (χ2v) is 6.48. The number of rotatable bonds is 7. The van der Waals surface area contributed by atoms with Crippen LogP contribution in [-0.4, -0.2) is 25.5 Å². The Morgan fingerprint density at radius 3 is 2.62 bits per heavy atom. The molecule has 0 heterocycles. The number of carbonyl (C=O) groups excluding carboxylic acids is 1. The minimum atomic E-state index is 0.0605. The fraction of sp³-hybridized carbons (Fsp3) is 0.316. The molecule has 0 aliphatic carbocycles. The van der Waals surface area contributed by atoms with E-state index in [9.17, 15) is 4.79 Å². The van der Waals surface area contributed by atoms with E-state index in [1.54, 1.807) is 11.0 Å². The van der Waals surface area contributed by atoms with E-state index in [1.165, 1.54) is 0 Å². The molecule has 1 amide bonds. The van der Waals surface area contributed by atoms with Crippen molar-refractivity contribution in [3.8, 4) is 0 Å². The Kier molecular flexibility index (Phi) is 7.10. The Bertz CT molecular complexity index is 704. The molecule has 0 atom stereocenters. The number of halogens is 2. The van der Waals surface area contributed by atoms with E-state index >= 15 is 0 Å². The zero-order chi connectivity index (χ0) is 17.5. The lowest BCUT2D eigenvalue weighted by molar-refractivity contribution is -0.117. The van der Waals surface area contributed by atoms with Crippen LogP contribution in [0.4, 0.5) is 5.69 Å². The van der Waals surface area contributed by atoms with Crippen LogP contribution in [0.25, 0.3) is 0 Å². The predicted molar refractivity (Wildman–Crippen MR) is 102 cm³/mol. The second kappa shape index (κ2) is 9.07. The van der Waals surface area contributed by atoms with Gasteiger partial charge in [-0.15, -0.1) is 0 Å². The van der Waals surface area contributed by atoms with Crippen LogP contribution < -0.4 is 10.2 Å². The number of amides is 1. The lowest BCUT2D eigenvalue weighted by atomic mass is 10.1. The van der Waals surface area contributed by atoms with Crippen molar-refractivity contribution in [1.82, 2.24) is 5.32 Å². The summed E-state index contributed by atoms with van der Waals surface area (Å²) in [6.07, 6.45) is 0.750. The molecule has 0 bridgehead atoms. The van der Waals surface area contributed by atoms with Crippen molar-refractivity contribution in [2.75, 3.05) is 24.5 Å². The van der Waals surface area contributed by atoms with E-state index in [0.29, 0.717) is 29.7 Å². The van der Waals surface area contributed by atoms with E-state index in [0.717, 1.165) is 23.2 Å². The van der Waals surface area contributed by atoms with Crippen LogP contribution in [0.1, 0.15) is 18.1 Å². The van der Waals surface area contributed by atoms with Crippen LogP contribution in [-0.2, 0) is 11.2 Å². The monoisotopic (exact) mass is 364 g/mol. The van der Waals surface area contributed by atoms with E-state index in [1.807, 2.05) is 50.2 Å². The molecule has 5 heteroatoms. The number of nitrogens with zero attached hydrogens (tertiary/aromatic N) is 1. The molecule has 2 aromatic carbocycles. The summed E-state index contributed by atoms with van der Waals surface area (Å²) in [4.78, 5) is 14.2. The topological polar surface area (TPSA) is 32.3 Å². The minimum Gasteiger partial charge on any atom is -0.312 e. The van der Waals surface area contributed by atoms with Gasteiger partial charge in [0.05, 0.1) is 6.54 Å². The van der Waals surface area contributed by atoms with Gasteiger partial charge in [0.2, 0.25) is 5.91 Å². The zero-order valence-corrected chi connectivity index (χ0v) is 15.5. The number of benzene rings is 2. The Labute approximate surface area is 153 Å². The Morgan fingerprint density at radius 1 is 1.17 bits per heavy atom. The number of anilines is 1. The third-order valence-electron chi connectivity index (χ3n) is 3.79. The van der Waals surface area contributed by atoms with Crippen LogP contribution in [0, 0.1) is 6.92 Å². The maximum atomic E-state index is 12.4. The zero-order valence-electron chi connectivity index (χ0n) is 14.0. The van der Waals surface area contributed by atoms with Crippen LogP contribution >= 0.6 is 23.2 Å². The standard InChI is InChI=1S/C19H22Cl2N2O/c1-3-23(17-6-4-5-14(2)11-17)19(24)13-22-10-9-15-7-8-16(20)12-18(15)21/h4-8,11-12,22H,3,9-10,13H2,1-2H3. The highest BCUT2D eigenvalue weighted by atomic mass is 35.5. The van der Waals surface area contributed by atoms with Crippen molar-refractivity contribution in [3.05, 3.63) is 63.6 Å². The van der Waals surface area contributed by atoms with Crippen molar-refractivity contribution in [2.24, 2.45) is 0 Å². The first-order valence-electron chi connectivity index (χ1n) is 8.03. The van der Waals surface area contributed by atoms with E-state index < -0.39 is 0 Å². The van der Waals surface area contributed by atoms with E-state index in [4.69, 9.17) is 23.2 Å². The van der Waals surface area contributed by atoms with Gasteiger partial charge in [-0.05, 0) is 62.2 Å². The van der Waals surface area contributed by atoms with Crippen molar-refractivity contribution >= 4 is 34.8 Å². The highest BCUT2D eigenvalue weighted by Gasteiger charge is 2.13. The lowest BCUT2D eigenvalue weighted by Crippen LogP contribution is -2.38. The highest BCUT2D eigenvalue weighted by Crippen LogP contribution is 2.21. The van der Waals surface area contributed by atoms with Gasteiger partial charge >= 0.3 is 0 Å². The van der Waals surface area contributed by atoms with E-state index in [-0.39, 0.29) is 5.91 Å². The van der Waals surface area contributed by atoms with Gasteiger partial charge < -0.3 is 10.2 Å². The average Bonchev–Trinajstić information content (AvgIpc) is 2.54. The quantitative estimate of drug-likeness (QED) is 0.734. The van der Waals surface area contributed by atoms with Gasteiger partial charge in [0.25, 0.3) is 0 Å². The third kappa shape index (κ3) is 5.23. The molecule has 0 spiro atoms. The molecule has 0 saturated carbocycles. The number of aryl methyl sites for hydroxylation is 1. The number of hydrogen-bond acceptors (Lipinski definition) is 2. The second-order valence-electron chi connectivity index (χ2n) is 5.64. The Hall–Kier alpha value is -1.55. The van der Waals surface area contributed by atoms with Crippen LogP contribution in [0.5, 0.6) is 0 Å². The number of nitrogens with one attached hydrogen (secondary N) is 1. The van der Waals surface area contributed by atoms with Crippen LogP contribution in [0.3, 0.4) is 0 Å². The predicted octanol–water partition coefficient (Wildman–Crippen LogP) is 4.49. The SMILES string of the molecule is CCN(C(=O)CNCCc1ccc(Cl)cc1Cl)c1cccc(C)c1. The minimum absolute atomic E-state index is 0.0605. The molecule has 0 aliphatic rings. The normalized spacial score (nSPS) is 10.7. The van der Waals surface area contributed by atoms with Crippen molar-refractivity contribution in [1.29, 1.82) is 0 Å². The number of likely N-dealkylation sites (N-methyl/N-ethyl adjacent to an activating group) is 1. The maximum Gasteiger partial charge on any atom is 0.240 e. The molecule has 1 N–H and O–H groups in total. The summed E-state index contributed by atoms with van der Waals surface area (Å²) in [5.41, 5.74) is 3.10. The van der Waals surface area contributed by atoms with Crippen molar-refractivity contribution < 1.29 is 4.79 Å². The fourth-order valence-corrected chi connectivity index (χ4v) is 3.04. The molecule has 0 saturated heterocycles. The summed E-state index contributed by atoms with van der Waals surface area (Å²) in [5, 5.41) is 4.48.